The molecular formula is C20H31N3O3S. The van der Waals surface area contributed by atoms with Crippen molar-refractivity contribution < 1.29 is 13.2 Å². The summed E-state index contributed by atoms with van der Waals surface area (Å²) >= 11 is 0. The zero-order chi connectivity index (χ0) is 19.4. The fraction of sp³-hybridized carbons (Fsp3) is 0.650. The van der Waals surface area contributed by atoms with Crippen molar-refractivity contribution in [2.45, 2.75) is 44.4 Å². The molecule has 2 fully saturated rings. The Bertz CT molecular complexity index is 738. The van der Waals surface area contributed by atoms with Gasteiger partial charge >= 0.3 is 0 Å². The average Bonchev–Trinajstić information content (AvgIpc) is 3.04. The van der Waals surface area contributed by atoms with E-state index >= 15 is 0 Å². The third-order valence-electron chi connectivity index (χ3n) is 5.42. The fourth-order valence-electron chi connectivity index (χ4n) is 4.29. The molecule has 0 saturated carbocycles. The molecule has 1 aromatic rings. The number of amides is 1. The summed E-state index contributed by atoms with van der Waals surface area (Å²) in [5, 5.41) is 0. The van der Waals surface area contributed by atoms with Crippen molar-refractivity contribution in [3.63, 3.8) is 0 Å². The summed E-state index contributed by atoms with van der Waals surface area (Å²) in [5.74, 6) is 1.53. The van der Waals surface area contributed by atoms with E-state index in [2.05, 4.69) is 23.5 Å². The minimum Gasteiger partial charge on any atom is -0.312 e. The Kier molecular flexibility index (Phi) is 6.55. The zero-order valence-electron chi connectivity index (χ0n) is 16.4. The van der Waals surface area contributed by atoms with E-state index in [9.17, 15) is 13.2 Å². The number of hydrogen-bond donors (Lipinski definition) is 1. The van der Waals surface area contributed by atoms with Gasteiger partial charge < -0.3 is 9.80 Å². The molecule has 1 N–H and O–H groups in total. The molecule has 3 rings (SSSR count). The van der Waals surface area contributed by atoms with Crippen molar-refractivity contribution in [3.05, 3.63) is 24.3 Å². The molecule has 0 bridgehead atoms. The van der Waals surface area contributed by atoms with Crippen molar-refractivity contribution in [2.24, 2.45) is 11.8 Å². The van der Waals surface area contributed by atoms with Crippen molar-refractivity contribution in [3.8, 4) is 0 Å². The molecule has 2 saturated heterocycles. The number of likely N-dealkylation sites (tertiary alicyclic amines) is 1. The second-order valence-electron chi connectivity index (χ2n) is 8.10. The maximum atomic E-state index is 12.5. The maximum Gasteiger partial charge on any atom is 0.240 e. The van der Waals surface area contributed by atoms with E-state index in [1.807, 2.05) is 0 Å². The molecule has 2 heterocycles. The molecule has 7 heteroatoms. The first kappa shape index (κ1) is 20.3. The first-order valence-corrected chi connectivity index (χ1v) is 11.5. The summed E-state index contributed by atoms with van der Waals surface area (Å²) in [6.45, 7) is 8.84. The van der Waals surface area contributed by atoms with Crippen LogP contribution in [0.1, 0.15) is 39.5 Å². The molecule has 0 unspecified atom stereocenters. The van der Waals surface area contributed by atoms with Crippen molar-refractivity contribution in [2.75, 3.05) is 37.6 Å². The van der Waals surface area contributed by atoms with Gasteiger partial charge in [-0.1, -0.05) is 13.8 Å². The topological polar surface area (TPSA) is 69.7 Å². The van der Waals surface area contributed by atoms with Gasteiger partial charge in [0.1, 0.15) is 0 Å². The minimum absolute atomic E-state index is 0.102. The monoisotopic (exact) mass is 393 g/mol. The van der Waals surface area contributed by atoms with E-state index in [0.717, 1.165) is 38.2 Å². The van der Waals surface area contributed by atoms with Crippen LogP contribution in [0, 0.1) is 11.8 Å². The second kappa shape index (κ2) is 8.71. The lowest BCUT2D eigenvalue weighted by Crippen LogP contribution is -2.40. The minimum atomic E-state index is -3.51. The number of nitrogens with zero attached hydrogens (tertiary/aromatic N) is 2. The first-order chi connectivity index (χ1) is 12.8. The van der Waals surface area contributed by atoms with Gasteiger partial charge in [0.25, 0.3) is 0 Å². The van der Waals surface area contributed by atoms with E-state index in [0.29, 0.717) is 31.3 Å². The molecule has 2 aliphatic rings. The molecular weight excluding hydrogens is 362 g/mol. The quantitative estimate of drug-likeness (QED) is 0.723. The third kappa shape index (κ3) is 5.30. The summed E-state index contributed by atoms with van der Waals surface area (Å²) in [6, 6.07) is 6.59. The van der Waals surface area contributed by atoms with Crippen molar-refractivity contribution in [1.29, 1.82) is 0 Å². The van der Waals surface area contributed by atoms with E-state index in [1.165, 1.54) is 6.42 Å². The van der Waals surface area contributed by atoms with Crippen LogP contribution in [-0.2, 0) is 14.8 Å². The van der Waals surface area contributed by atoms with E-state index < -0.39 is 10.0 Å². The highest BCUT2D eigenvalue weighted by molar-refractivity contribution is 7.89. The number of carbonyl (C=O) groups excluding carboxylic acids is 1. The van der Waals surface area contributed by atoms with Gasteiger partial charge in [0.05, 0.1) is 4.90 Å². The smallest absolute Gasteiger partial charge is 0.240 e. The molecule has 0 aromatic heterocycles. The standard InChI is InChI=1S/C20H31N3O3S/c1-16-13-17(2)15-22(14-16)11-4-10-21-27(25,26)19-8-6-18(7-9-19)23-12-3-5-20(23)24/h6-9,16-17,21H,3-5,10-15H2,1-2H3/t16-,17-/m0/s1. The van der Waals surface area contributed by atoms with Gasteiger partial charge in [-0.05, 0) is 61.9 Å². The van der Waals surface area contributed by atoms with E-state index in [4.69, 9.17) is 0 Å². The number of rotatable bonds is 7. The zero-order valence-corrected chi connectivity index (χ0v) is 17.2. The van der Waals surface area contributed by atoms with Crippen LogP contribution in [0.5, 0.6) is 0 Å². The summed E-state index contributed by atoms with van der Waals surface area (Å²) in [6.07, 6.45) is 3.51. The Morgan fingerprint density at radius 3 is 2.37 bits per heavy atom. The lowest BCUT2D eigenvalue weighted by Gasteiger charge is -2.34. The van der Waals surface area contributed by atoms with Gasteiger partial charge in [0.2, 0.25) is 15.9 Å². The molecule has 0 radical (unpaired) electrons. The number of carbonyl (C=O) groups is 1. The number of sulfonamides is 1. The average molecular weight is 394 g/mol. The molecule has 0 aliphatic carbocycles. The predicted molar refractivity (Wildman–Crippen MR) is 107 cm³/mol. The van der Waals surface area contributed by atoms with Crippen LogP contribution in [0.3, 0.4) is 0 Å². The lowest BCUT2D eigenvalue weighted by atomic mass is 9.92. The maximum absolute atomic E-state index is 12.5. The second-order valence-corrected chi connectivity index (χ2v) is 9.87. The molecule has 150 valence electrons. The van der Waals surface area contributed by atoms with Crippen LogP contribution in [0.4, 0.5) is 5.69 Å². The Labute approximate surface area is 163 Å². The van der Waals surface area contributed by atoms with Crippen molar-refractivity contribution in [1.82, 2.24) is 9.62 Å². The number of benzene rings is 1. The van der Waals surface area contributed by atoms with Gasteiger partial charge in [0, 0.05) is 38.3 Å². The Hall–Kier alpha value is -1.44. The Balaban J connectivity index is 1.49. The number of piperidine rings is 1. The van der Waals surface area contributed by atoms with Gasteiger partial charge in [-0.3, -0.25) is 4.79 Å². The van der Waals surface area contributed by atoms with E-state index in [1.54, 1.807) is 29.2 Å². The molecule has 0 spiro atoms. The Morgan fingerprint density at radius 1 is 1.11 bits per heavy atom. The van der Waals surface area contributed by atoms with Crippen LogP contribution in [-0.4, -0.2) is 51.9 Å². The molecule has 1 amide bonds. The Morgan fingerprint density at radius 2 is 1.78 bits per heavy atom. The fourth-order valence-corrected chi connectivity index (χ4v) is 5.37. The number of nitrogens with one attached hydrogen (secondary N) is 1. The van der Waals surface area contributed by atoms with Gasteiger partial charge in [0.15, 0.2) is 0 Å². The highest BCUT2D eigenvalue weighted by Crippen LogP contribution is 2.23. The molecule has 6 nitrogen and oxygen atoms in total. The summed E-state index contributed by atoms with van der Waals surface area (Å²) < 4.78 is 27.7. The largest absolute Gasteiger partial charge is 0.312 e. The number of hydrogen-bond acceptors (Lipinski definition) is 4. The summed E-state index contributed by atoms with van der Waals surface area (Å²) in [5.41, 5.74) is 0.768. The van der Waals surface area contributed by atoms with Gasteiger partial charge in [-0.2, -0.15) is 0 Å². The van der Waals surface area contributed by atoms with Crippen LogP contribution in [0.2, 0.25) is 0 Å². The summed E-state index contributed by atoms with van der Waals surface area (Å²) in [7, 11) is -3.51. The first-order valence-electron chi connectivity index (χ1n) is 9.97. The normalized spacial score (nSPS) is 24.5. The number of anilines is 1. The highest BCUT2D eigenvalue weighted by Gasteiger charge is 2.23. The predicted octanol–water partition coefficient (Wildman–Crippen LogP) is 2.46. The van der Waals surface area contributed by atoms with Gasteiger partial charge in [-0.15, -0.1) is 0 Å². The van der Waals surface area contributed by atoms with Crippen LogP contribution in [0.15, 0.2) is 29.2 Å². The molecule has 2 aliphatic heterocycles. The third-order valence-corrected chi connectivity index (χ3v) is 6.90. The molecule has 2 atom stereocenters. The van der Waals surface area contributed by atoms with Crippen LogP contribution >= 0.6 is 0 Å². The lowest BCUT2D eigenvalue weighted by molar-refractivity contribution is -0.117. The van der Waals surface area contributed by atoms with Gasteiger partial charge in [-0.25, -0.2) is 13.1 Å². The SMILES string of the molecule is C[C@H]1C[C@H](C)CN(CCCNS(=O)(=O)c2ccc(N3CCCC3=O)cc2)C1. The van der Waals surface area contributed by atoms with Crippen LogP contribution in [0.25, 0.3) is 0 Å². The molecule has 1 aromatic carbocycles. The van der Waals surface area contributed by atoms with Crippen LogP contribution < -0.4 is 9.62 Å². The highest BCUT2D eigenvalue weighted by atomic mass is 32.2. The van der Waals surface area contributed by atoms with E-state index in [-0.39, 0.29) is 10.8 Å². The summed E-state index contributed by atoms with van der Waals surface area (Å²) in [4.78, 5) is 16.2. The molecule has 27 heavy (non-hydrogen) atoms. The van der Waals surface area contributed by atoms with Crippen molar-refractivity contribution >= 4 is 21.6 Å².